The SMILES string of the molecule is FC(F)(F)c1cc(Cl)c(-n2cc(C(Br)=C(Br)Br)cn2)c(Cl)c1. The molecule has 22 heavy (non-hydrogen) atoms. The summed E-state index contributed by atoms with van der Waals surface area (Å²) in [6.45, 7) is 0. The summed E-state index contributed by atoms with van der Waals surface area (Å²) in [6, 6.07) is 1.63. The van der Waals surface area contributed by atoms with E-state index in [1.807, 2.05) is 0 Å². The molecule has 0 saturated carbocycles. The molecule has 0 saturated heterocycles. The quantitative estimate of drug-likeness (QED) is 0.398. The van der Waals surface area contributed by atoms with E-state index >= 15 is 0 Å². The minimum atomic E-state index is -4.52. The van der Waals surface area contributed by atoms with Crippen LogP contribution in [-0.4, -0.2) is 9.78 Å². The predicted octanol–water partition coefficient (Wildman–Crippen LogP) is 7.01. The van der Waals surface area contributed by atoms with Crippen molar-refractivity contribution >= 4 is 75.5 Å². The first-order valence-electron chi connectivity index (χ1n) is 5.43. The van der Waals surface area contributed by atoms with Gasteiger partial charge in [-0.1, -0.05) is 23.2 Å². The molecule has 0 fully saturated rings. The first-order chi connectivity index (χ1) is 10.1. The minimum absolute atomic E-state index is 0.146. The van der Waals surface area contributed by atoms with Gasteiger partial charge in [0, 0.05) is 16.2 Å². The van der Waals surface area contributed by atoms with Gasteiger partial charge in [0.05, 0.1) is 25.2 Å². The average molecular weight is 544 g/mol. The molecule has 0 aliphatic carbocycles. The van der Waals surface area contributed by atoms with Crippen LogP contribution < -0.4 is 0 Å². The average Bonchev–Trinajstić information content (AvgIpc) is 2.85. The fourth-order valence-corrected chi connectivity index (χ4v) is 2.94. The maximum Gasteiger partial charge on any atom is 0.416 e. The van der Waals surface area contributed by atoms with Crippen LogP contribution in [0, 0.1) is 0 Å². The molecule has 0 N–H and O–H groups in total. The molecule has 10 heteroatoms. The van der Waals surface area contributed by atoms with Crippen molar-refractivity contribution in [2.45, 2.75) is 6.18 Å². The van der Waals surface area contributed by atoms with Crippen molar-refractivity contribution in [2.24, 2.45) is 0 Å². The van der Waals surface area contributed by atoms with Crippen molar-refractivity contribution in [3.63, 3.8) is 0 Å². The molecule has 0 aliphatic heterocycles. The Balaban J connectivity index is 2.53. The lowest BCUT2D eigenvalue weighted by atomic mass is 10.2. The van der Waals surface area contributed by atoms with E-state index in [9.17, 15) is 13.2 Å². The van der Waals surface area contributed by atoms with Gasteiger partial charge in [-0.3, -0.25) is 0 Å². The normalized spacial score (nSPS) is 11.6. The Hall–Kier alpha value is -0.0200. The topological polar surface area (TPSA) is 17.8 Å². The van der Waals surface area contributed by atoms with Crippen LogP contribution in [-0.2, 0) is 6.18 Å². The molecule has 0 bridgehead atoms. The lowest BCUT2D eigenvalue weighted by Gasteiger charge is -2.12. The first kappa shape index (κ1) is 18.3. The molecule has 1 aromatic heterocycles. The zero-order chi connectivity index (χ0) is 16.7. The van der Waals surface area contributed by atoms with Crippen molar-refractivity contribution in [1.29, 1.82) is 0 Å². The third-order valence-electron chi connectivity index (χ3n) is 2.58. The number of benzene rings is 1. The second-order valence-corrected chi connectivity index (χ2v) is 8.29. The standard InChI is InChI=1S/C12H4Br3Cl2F3N2/c13-9(11(14)15)5-3-21-22(4-5)10-7(16)1-6(2-8(10)17)12(18,19)20/h1-4H. The monoisotopic (exact) mass is 540 g/mol. The van der Waals surface area contributed by atoms with Crippen LogP contribution in [0.15, 0.2) is 27.9 Å². The molecular formula is C12H4Br3Cl2F3N2. The van der Waals surface area contributed by atoms with Gasteiger partial charge in [-0.25, -0.2) is 4.68 Å². The Morgan fingerprint density at radius 1 is 1.09 bits per heavy atom. The van der Waals surface area contributed by atoms with Gasteiger partial charge in [0.1, 0.15) is 5.69 Å². The molecule has 0 atom stereocenters. The largest absolute Gasteiger partial charge is 0.416 e. The summed E-state index contributed by atoms with van der Waals surface area (Å²) in [4.78, 5) is 0. The Morgan fingerprint density at radius 3 is 2.09 bits per heavy atom. The van der Waals surface area contributed by atoms with Gasteiger partial charge in [0.2, 0.25) is 0 Å². The summed E-state index contributed by atoms with van der Waals surface area (Å²) in [5.41, 5.74) is -0.0627. The fourth-order valence-electron chi connectivity index (χ4n) is 1.62. The smallest absolute Gasteiger partial charge is 0.237 e. The highest BCUT2D eigenvalue weighted by Crippen LogP contribution is 2.38. The zero-order valence-electron chi connectivity index (χ0n) is 10.2. The summed E-state index contributed by atoms with van der Waals surface area (Å²) in [6.07, 6.45) is -1.43. The van der Waals surface area contributed by atoms with Crippen LogP contribution in [0.1, 0.15) is 11.1 Å². The van der Waals surface area contributed by atoms with Crippen LogP contribution >= 0.6 is 71.0 Å². The molecule has 1 aromatic carbocycles. The van der Waals surface area contributed by atoms with Gasteiger partial charge >= 0.3 is 6.18 Å². The number of nitrogens with zero attached hydrogens (tertiary/aromatic N) is 2. The van der Waals surface area contributed by atoms with Crippen molar-refractivity contribution in [1.82, 2.24) is 9.78 Å². The molecule has 118 valence electrons. The third kappa shape index (κ3) is 3.90. The predicted molar refractivity (Wildman–Crippen MR) is 92.3 cm³/mol. The lowest BCUT2D eigenvalue weighted by molar-refractivity contribution is -0.137. The van der Waals surface area contributed by atoms with E-state index in [0.29, 0.717) is 13.4 Å². The summed E-state index contributed by atoms with van der Waals surface area (Å²) in [5.74, 6) is 0. The Labute approximate surface area is 158 Å². The summed E-state index contributed by atoms with van der Waals surface area (Å²) >= 11 is 21.7. The van der Waals surface area contributed by atoms with Crippen LogP contribution in [0.2, 0.25) is 10.0 Å². The fraction of sp³-hybridized carbons (Fsp3) is 0.0833. The van der Waals surface area contributed by atoms with Gasteiger partial charge in [-0.05, 0) is 59.9 Å². The van der Waals surface area contributed by atoms with E-state index in [1.165, 1.54) is 10.9 Å². The van der Waals surface area contributed by atoms with Gasteiger partial charge < -0.3 is 0 Å². The van der Waals surface area contributed by atoms with Crippen LogP contribution in [0.4, 0.5) is 13.2 Å². The molecule has 2 rings (SSSR count). The second kappa shape index (κ2) is 6.84. The van der Waals surface area contributed by atoms with Crippen molar-refractivity contribution < 1.29 is 13.2 Å². The summed E-state index contributed by atoms with van der Waals surface area (Å²) < 4.78 is 40.8. The number of halogens is 8. The second-order valence-electron chi connectivity index (χ2n) is 4.03. The minimum Gasteiger partial charge on any atom is -0.237 e. The maximum atomic E-state index is 12.7. The molecular weight excluding hydrogens is 540 g/mol. The van der Waals surface area contributed by atoms with Crippen molar-refractivity contribution in [3.8, 4) is 5.69 Å². The van der Waals surface area contributed by atoms with Gasteiger partial charge in [-0.2, -0.15) is 18.3 Å². The highest BCUT2D eigenvalue weighted by molar-refractivity contribution is 9.29. The molecule has 0 unspecified atom stereocenters. The van der Waals surface area contributed by atoms with E-state index in [0.717, 1.165) is 12.1 Å². The van der Waals surface area contributed by atoms with Gasteiger partial charge in [0.25, 0.3) is 0 Å². The zero-order valence-corrected chi connectivity index (χ0v) is 16.5. The van der Waals surface area contributed by atoms with Crippen LogP contribution in [0.5, 0.6) is 0 Å². The number of alkyl halides is 3. The number of rotatable bonds is 2. The Kier molecular flexibility index (Phi) is 5.70. The van der Waals surface area contributed by atoms with Gasteiger partial charge in [-0.15, -0.1) is 0 Å². The van der Waals surface area contributed by atoms with Crippen LogP contribution in [0.25, 0.3) is 10.2 Å². The maximum absolute atomic E-state index is 12.7. The molecule has 2 nitrogen and oxygen atoms in total. The summed E-state index contributed by atoms with van der Waals surface area (Å²) in [7, 11) is 0. The van der Waals surface area contributed by atoms with Gasteiger partial charge in [0.15, 0.2) is 0 Å². The van der Waals surface area contributed by atoms with Crippen molar-refractivity contribution in [2.75, 3.05) is 0 Å². The van der Waals surface area contributed by atoms with Crippen molar-refractivity contribution in [3.05, 3.63) is 49.1 Å². The highest BCUT2D eigenvalue weighted by Gasteiger charge is 2.32. The number of hydrogen-bond donors (Lipinski definition) is 0. The molecule has 2 aromatic rings. The Bertz CT molecular complexity index is 729. The van der Waals surface area contributed by atoms with E-state index < -0.39 is 11.7 Å². The number of hydrogen-bond acceptors (Lipinski definition) is 1. The van der Waals surface area contributed by atoms with E-state index in [1.54, 1.807) is 6.20 Å². The third-order valence-corrected chi connectivity index (χ3v) is 5.86. The van der Waals surface area contributed by atoms with E-state index in [2.05, 4.69) is 52.9 Å². The highest BCUT2D eigenvalue weighted by atomic mass is 79.9. The van der Waals surface area contributed by atoms with Crippen LogP contribution in [0.3, 0.4) is 0 Å². The first-order valence-corrected chi connectivity index (χ1v) is 8.57. The summed E-state index contributed by atoms with van der Waals surface area (Å²) in [5, 5.41) is 3.77. The number of aromatic nitrogens is 2. The Morgan fingerprint density at radius 2 is 1.64 bits per heavy atom. The van der Waals surface area contributed by atoms with E-state index in [-0.39, 0.29) is 15.7 Å². The molecule has 0 radical (unpaired) electrons. The van der Waals surface area contributed by atoms with E-state index in [4.69, 9.17) is 23.2 Å². The molecule has 0 aliphatic rings. The molecule has 0 spiro atoms. The molecule has 1 heterocycles. The lowest BCUT2D eigenvalue weighted by Crippen LogP contribution is -2.06. The molecule has 0 amide bonds.